The standard InChI is InChI=1S/C24H29FN2O2/c1-16-13-17(2)22(18(3)14-16)10-11-26-23(28)20-5-4-12-27(15-20)24(29)19-6-8-21(25)9-7-19/h6-9,13-14,20H,4-5,10-12,15H2,1-3H3,(H,26,28). The molecule has 0 saturated carbocycles. The van der Waals surface area contributed by atoms with Gasteiger partial charge in [-0.05, 0) is 81.0 Å². The summed E-state index contributed by atoms with van der Waals surface area (Å²) in [4.78, 5) is 27.0. The zero-order chi connectivity index (χ0) is 21.0. The number of nitrogens with one attached hydrogen (secondary N) is 1. The second-order valence-corrected chi connectivity index (χ2v) is 8.02. The van der Waals surface area contributed by atoms with Gasteiger partial charge in [0, 0.05) is 25.2 Å². The third-order valence-electron chi connectivity index (χ3n) is 5.69. The fraction of sp³-hybridized carbons (Fsp3) is 0.417. The van der Waals surface area contributed by atoms with Gasteiger partial charge >= 0.3 is 0 Å². The van der Waals surface area contributed by atoms with Crippen LogP contribution in [-0.2, 0) is 11.2 Å². The lowest BCUT2D eigenvalue weighted by atomic mass is 9.95. The van der Waals surface area contributed by atoms with Crippen molar-refractivity contribution in [2.24, 2.45) is 5.92 Å². The summed E-state index contributed by atoms with van der Waals surface area (Å²) in [7, 11) is 0. The number of benzene rings is 2. The van der Waals surface area contributed by atoms with E-state index in [1.165, 1.54) is 46.5 Å². The molecule has 2 aromatic carbocycles. The quantitative estimate of drug-likeness (QED) is 0.832. The van der Waals surface area contributed by atoms with E-state index in [2.05, 4.69) is 38.2 Å². The van der Waals surface area contributed by atoms with Gasteiger partial charge < -0.3 is 10.2 Å². The van der Waals surface area contributed by atoms with Crippen LogP contribution in [0.3, 0.4) is 0 Å². The Balaban J connectivity index is 1.54. The highest BCUT2D eigenvalue weighted by atomic mass is 19.1. The molecule has 5 heteroatoms. The number of hydrogen-bond donors (Lipinski definition) is 1. The van der Waals surface area contributed by atoms with Gasteiger partial charge in [0.25, 0.3) is 5.91 Å². The molecule has 1 heterocycles. The molecule has 1 fully saturated rings. The van der Waals surface area contributed by atoms with Gasteiger partial charge in [0.15, 0.2) is 0 Å². The summed E-state index contributed by atoms with van der Waals surface area (Å²) < 4.78 is 13.1. The Morgan fingerprint density at radius 1 is 1.10 bits per heavy atom. The number of likely N-dealkylation sites (tertiary alicyclic amines) is 1. The van der Waals surface area contributed by atoms with Crippen LogP contribution in [0.15, 0.2) is 36.4 Å². The van der Waals surface area contributed by atoms with Gasteiger partial charge in [-0.2, -0.15) is 0 Å². The summed E-state index contributed by atoms with van der Waals surface area (Å²) in [6, 6.07) is 9.91. The Bertz CT molecular complexity index is 869. The smallest absolute Gasteiger partial charge is 0.253 e. The van der Waals surface area contributed by atoms with E-state index < -0.39 is 0 Å². The molecule has 1 atom stereocenters. The minimum absolute atomic E-state index is 0.00373. The van der Waals surface area contributed by atoms with Crippen molar-refractivity contribution >= 4 is 11.8 Å². The minimum Gasteiger partial charge on any atom is -0.355 e. The summed E-state index contributed by atoms with van der Waals surface area (Å²) in [5, 5.41) is 3.05. The molecule has 154 valence electrons. The molecule has 1 aliphatic heterocycles. The molecule has 1 saturated heterocycles. The first-order valence-corrected chi connectivity index (χ1v) is 10.2. The lowest BCUT2D eigenvalue weighted by molar-refractivity contribution is -0.126. The molecule has 1 aliphatic rings. The number of piperidine rings is 1. The summed E-state index contributed by atoms with van der Waals surface area (Å²) in [6.45, 7) is 7.93. The molecule has 1 N–H and O–H groups in total. The maximum Gasteiger partial charge on any atom is 0.253 e. The molecule has 0 aromatic heterocycles. The van der Waals surface area contributed by atoms with Crippen LogP contribution in [0.25, 0.3) is 0 Å². The van der Waals surface area contributed by atoms with Gasteiger partial charge in [0.05, 0.1) is 5.92 Å². The molecule has 0 spiro atoms. The summed E-state index contributed by atoms with van der Waals surface area (Å²) >= 11 is 0. The lowest BCUT2D eigenvalue weighted by Gasteiger charge is -2.32. The van der Waals surface area contributed by atoms with Crippen molar-refractivity contribution in [1.82, 2.24) is 10.2 Å². The minimum atomic E-state index is -0.364. The number of hydrogen-bond acceptors (Lipinski definition) is 2. The van der Waals surface area contributed by atoms with E-state index in [0.29, 0.717) is 25.2 Å². The van der Waals surface area contributed by atoms with Crippen LogP contribution in [-0.4, -0.2) is 36.3 Å². The maximum absolute atomic E-state index is 13.1. The molecule has 3 rings (SSSR count). The first-order chi connectivity index (χ1) is 13.8. The monoisotopic (exact) mass is 396 g/mol. The fourth-order valence-electron chi connectivity index (χ4n) is 4.21. The van der Waals surface area contributed by atoms with E-state index >= 15 is 0 Å². The average Bonchev–Trinajstić information content (AvgIpc) is 2.70. The van der Waals surface area contributed by atoms with Crippen molar-refractivity contribution in [3.05, 3.63) is 70.0 Å². The van der Waals surface area contributed by atoms with E-state index in [4.69, 9.17) is 0 Å². The predicted octanol–water partition coefficient (Wildman–Crippen LogP) is 3.96. The Morgan fingerprint density at radius 2 is 1.76 bits per heavy atom. The van der Waals surface area contributed by atoms with Crippen molar-refractivity contribution in [2.75, 3.05) is 19.6 Å². The summed E-state index contributed by atoms with van der Waals surface area (Å²) in [6.07, 6.45) is 2.37. The highest BCUT2D eigenvalue weighted by Gasteiger charge is 2.28. The van der Waals surface area contributed by atoms with Gasteiger partial charge in [-0.1, -0.05) is 17.7 Å². The highest BCUT2D eigenvalue weighted by molar-refractivity contribution is 5.94. The molecular formula is C24H29FN2O2. The van der Waals surface area contributed by atoms with Gasteiger partial charge in [-0.15, -0.1) is 0 Å². The van der Waals surface area contributed by atoms with Crippen LogP contribution < -0.4 is 5.32 Å². The molecule has 2 amide bonds. The molecule has 1 unspecified atom stereocenters. The van der Waals surface area contributed by atoms with Crippen molar-refractivity contribution in [3.8, 4) is 0 Å². The summed E-state index contributed by atoms with van der Waals surface area (Å²) in [5.41, 5.74) is 5.50. The SMILES string of the molecule is Cc1cc(C)c(CCNC(=O)C2CCCN(C(=O)c3ccc(F)cc3)C2)c(C)c1. The van der Waals surface area contributed by atoms with Crippen LogP contribution >= 0.6 is 0 Å². The molecule has 29 heavy (non-hydrogen) atoms. The van der Waals surface area contributed by atoms with E-state index in [1.807, 2.05) is 0 Å². The number of carbonyl (C=O) groups excluding carboxylic acids is 2. The van der Waals surface area contributed by atoms with Crippen LogP contribution in [0.5, 0.6) is 0 Å². The highest BCUT2D eigenvalue weighted by Crippen LogP contribution is 2.20. The Morgan fingerprint density at radius 3 is 2.41 bits per heavy atom. The van der Waals surface area contributed by atoms with Gasteiger partial charge in [0.2, 0.25) is 5.91 Å². The van der Waals surface area contributed by atoms with Crippen LogP contribution in [0.1, 0.15) is 45.5 Å². The van der Waals surface area contributed by atoms with E-state index in [1.54, 1.807) is 4.90 Å². The Hall–Kier alpha value is -2.69. The molecular weight excluding hydrogens is 367 g/mol. The van der Waals surface area contributed by atoms with Crippen molar-refractivity contribution in [1.29, 1.82) is 0 Å². The number of amides is 2. The van der Waals surface area contributed by atoms with Gasteiger partial charge in [-0.25, -0.2) is 4.39 Å². The second-order valence-electron chi connectivity index (χ2n) is 8.02. The number of rotatable bonds is 5. The Kier molecular flexibility index (Phi) is 6.68. The summed E-state index contributed by atoms with van der Waals surface area (Å²) in [5.74, 6) is -0.706. The average molecular weight is 397 g/mol. The molecule has 0 bridgehead atoms. The van der Waals surface area contributed by atoms with Gasteiger partial charge in [0.1, 0.15) is 5.82 Å². The number of nitrogens with zero attached hydrogens (tertiary/aromatic N) is 1. The zero-order valence-corrected chi connectivity index (χ0v) is 17.4. The van der Waals surface area contributed by atoms with Crippen molar-refractivity contribution < 1.29 is 14.0 Å². The number of aryl methyl sites for hydroxylation is 3. The van der Waals surface area contributed by atoms with Crippen molar-refractivity contribution in [2.45, 2.75) is 40.0 Å². The predicted molar refractivity (Wildman–Crippen MR) is 112 cm³/mol. The van der Waals surface area contributed by atoms with Crippen LogP contribution in [0, 0.1) is 32.5 Å². The lowest BCUT2D eigenvalue weighted by Crippen LogP contribution is -2.45. The van der Waals surface area contributed by atoms with Crippen LogP contribution in [0.4, 0.5) is 4.39 Å². The van der Waals surface area contributed by atoms with Gasteiger partial charge in [-0.3, -0.25) is 9.59 Å². The second kappa shape index (κ2) is 9.21. The topological polar surface area (TPSA) is 49.4 Å². The Labute approximate surface area is 172 Å². The molecule has 4 nitrogen and oxygen atoms in total. The van der Waals surface area contributed by atoms with Crippen molar-refractivity contribution in [3.63, 3.8) is 0 Å². The van der Waals surface area contributed by atoms with Crippen LogP contribution in [0.2, 0.25) is 0 Å². The normalized spacial score (nSPS) is 16.6. The molecule has 0 radical (unpaired) electrons. The maximum atomic E-state index is 13.1. The third-order valence-corrected chi connectivity index (χ3v) is 5.69. The zero-order valence-electron chi connectivity index (χ0n) is 17.4. The van der Waals surface area contributed by atoms with E-state index in [9.17, 15) is 14.0 Å². The molecule has 0 aliphatic carbocycles. The largest absolute Gasteiger partial charge is 0.355 e. The third kappa shape index (κ3) is 5.22. The van der Waals surface area contributed by atoms with E-state index in [0.717, 1.165) is 19.3 Å². The number of carbonyl (C=O) groups is 2. The first kappa shape index (κ1) is 21.0. The molecule has 2 aromatic rings. The van der Waals surface area contributed by atoms with E-state index in [-0.39, 0.29) is 23.5 Å². The first-order valence-electron chi connectivity index (χ1n) is 10.2. The fourth-order valence-corrected chi connectivity index (χ4v) is 4.21. The number of halogens is 1.